The summed E-state index contributed by atoms with van der Waals surface area (Å²) in [6, 6.07) is 87.1. The van der Waals surface area contributed by atoms with Crippen molar-refractivity contribution in [1.82, 2.24) is 4.57 Å². The summed E-state index contributed by atoms with van der Waals surface area (Å²) in [5.74, 6) is 0. The summed E-state index contributed by atoms with van der Waals surface area (Å²) < 4.78 is 8.77. The maximum absolute atomic E-state index is 6.39. The number of nitrogens with zero attached hydrogens (tertiary/aromatic N) is 2. The molecule has 3 heteroatoms. The van der Waals surface area contributed by atoms with Crippen molar-refractivity contribution in [1.29, 1.82) is 0 Å². The molecule has 0 saturated heterocycles. The number of hydrogen-bond acceptors (Lipinski definition) is 2. The van der Waals surface area contributed by atoms with E-state index < -0.39 is 0 Å². The molecule has 0 unspecified atom stereocenters. The molecule has 0 saturated carbocycles. The quantitative estimate of drug-likeness (QED) is 0.153. The largest absolute Gasteiger partial charge is 0.456 e. The van der Waals surface area contributed by atoms with E-state index in [4.69, 9.17) is 4.42 Å². The highest BCUT2D eigenvalue weighted by Gasteiger charge is 2.21. The second-order valence-corrected chi connectivity index (χ2v) is 16.1. The lowest BCUT2D eigenvalue weighted by Gasteiger charge is -2.28. The molecule has 63 heavy (non-hydrogen) atoms. The standard InChI is InChI=1S/C60H40N2O/c1-2-14-41(15-3-1)42-28-30-43(31-29-42)44-32-36-47(37-33-44)61(55-23-8-6-20-52(55)53-22-13-27-59-60(53)54-21-7-11-26-58(54)63-59)48-38-34-45(35-39-48)46-16-12-17-49(40-46)62-56-24-9-4-18-50(56)51-19-5-10-25-57(51)62/h1-40H. The van der Waals surface area contributed by atoms with Gasteiger partial charge in [0, 0.05) is 44.2 Å². The highest BCUT2D eigenvalue weighted by Crippen LogP contribution is 2.45. The molecule has 0 N–H and O–H groups in total. The Bertz CT molecular complexity index is 3550. The SMILES string of the molecule is c1ccc(-c2ccc(-c3ccc(N(c4ccc(-c5cccc(-n6c7ccccc7c7ccccc76)c5)cc4)c4ccccc4-c4cccc5oc6ccccc6c45)cc3)cc2)cc1. The van der Waals surface area contributed by atoms with E-state index in [1.54, 1.807) is 0 Å². The Morgan fingerprint density at radius 1 is 0.317 bits per heavy atom. The minimum absolute atomic E-state index is 0.880. The van der Waals surface area contributed by atoms with Crippen molar-refractivity contribution < 1.29 is 4.42 Å². The van der Waals surface area contributed by atoms with Crippen molar-refractivity contribution in [2.45, 2.75) is 0 Å². The summed E-state index contributed by atoms with van der Waals surface area (Å²) in [5.41, 5.74) is 17.9. The van der Waals surface area contributed by atoms with Crippen LogP contribution in [0.5, 0.6) is 0 Å². The topological polar surface area (TPSA) is 21.3 Å². The van der Waals surface area contributed by atoms with Gasteiger partial charge in [0.05, 0.1) is 16.7 Å². The fraction of sp³-hybridized carbons (Fsp3) is 0. The molecule has 0 aliphatic heterocycles. The van der Waals surface area contributed by atoms with E-state index in [1.807, 2.05) is 12.1 Å². The first kappa shape index (κ1) is 36.5. The van der Waals surface area contributed by atoms with E-state index in [0.29, 0.717) is 0 Å². The molecule has 10 aromatic carbocycles. The number of fused-ring (bicyclic) bond motifs is 6. The molecule has 0 amide bonds. The molecule has 296 valence electrons. The minimum Gasteiger partial charge on any atom is -0.456 e. The van der Waals surface area contributed by atoms with Gasteiger partial charge in [-0.05, 0) is 106 Å². The van der Waals surface area contributed by atoms with Gasteiger partial charge in [-0.1, -0.05) is 176 Å². The maximum atomic E-state index is 6.39. The van der Waals surface area contributed by atoms with Crippen LogP contribution in [0.2, 0.25) is 0 Å². The van der Waals surface area contributed by atoms with Crippen molar-refractivity contribution in [3.8, 4) is 50.2 Å². The van der Waals surface area contributed by atoms with Gasteiger partial charge in [-0.15, -0.1) is 0 Å². The predicted octanol–water partition coefficient (Wildman–Crippen LogP) is 16.8. The van der Waals surface area contributed by atoms with Gasteiger partial charge in [-0.2, -0.15) is 0 Å². The van der Waals surface area contributed by atoms with E-state index >= 15 is 0 Å². The van der Waals surface area contributed by atoms with Crippen molar-refractivity contribution >= 4 is 60.8 Å². The zero-order valence-corrected chi connectivity index (χ0v) is 34.4. The van der Waals surface area contributed by atoms with Gasteiger partial charge in [0.1, 0.15) is 11.2 Å². The van der Waals surface area contributed by atoms with Crippen LogP contribution in [0.25, 0.3) is 93.9 Å². The van der Waals surface area contributed by atoms with Gasteiger partial charge in [-0.25, -0.2) is 0 Å². The molecular weight excluding hydrogens is 765 g/mol. The van der Waals surface area contributed by atoms with Crippen LogP contribution in [0.3, 0.4) is 0 Å². The number of para-hydroxylation sites is 4. The highest BCUT2D eigenvalue weighted by molar-refractivity contribution is 6.14. The summed E-state index contributed by atoms with van der Waals surface area (Å²) >= 11 is 0. The Morgan fingerprint density at radius 3 is 1.44 bits per heavy atom. The second kappa shape index (κ2) is 15.3. The van der Waals surface area contributed by atoms with Crippen molar-refractivity contribution in [3.05, 3.63) is 243 Å². The number of rotatable bonds is 8. The maximum Gasteiger partial charge on any atom is 0.136 e. The van der Waals surface area contributed by atoms with Crippen LogP contribution in [-0.2, 0) is 0 Å². The Kier molecular flexibility index (Phi) is 8.83. The van der Waals surface area contributed by atoms with Gasteiger partial charge < -0.3 is 13.9 Å². The molecule has 0 radical (unpaired) electrons. The predicted molar refractivity (Wildman–Crippen MR) is 264 cm³/mol. The fourth-order valence-corrected chi connectivity index (χ4v) is 9.44. The first-order valence-electron chi connectivity index (χ1n) is 21.5. The second-order valence-electron chi connectivity index (χ2n) is 16.1. The fourth-order valence-electron chi connectivity index (χ4n) is 9.44. The molecule has 0 aliphatic carbocycles. The van der Waals surface area contributed by atoms with Gasteiger partial charge in [0.2, 0.25) is 0 Å². The first-order valence-corrected chi connectivity index (χ1v) is 21.5. The van der Waals surface area contributed by atoms with E-state index in [0.717, 1.165) is 66.9 Å². The Labute approximate surface area is 366 Å². The van der Waals surface area contributed by atoms with Crippen LogP contribution in [-0.4, -0.2) is 4.57 Å². The third-order valence-electron chi connectivity index (χ3n) is 12.4. The Balaban J connectivity index is 0.963. The molecule has 0 spiro atoms. The minimum atomic E-state index is 0.880. The lowest BCUT2D eigenvalue weighted by atomic mass is 9.96. The number of anilines is 3. The summed E-state index contributed by atoms with van der Waals surface area (Å²) in [4.78, 5) is 2.39. The summed E-state index contributed by atoms with van der Waals surface area (Å²) in [6.07, 6.45) is 0. The summed E-state index contributed by atoms with van der Waals surface area (Å²) in [7, 11) is 0. The zero-order valence-electron chi connectivity index (χ0n) is 34.4. The molecule has 0 aliphatic rings. The number of furan rings is 1. The van der Waals surface area contributed by atoms with Crippen LogP contribution in [0.4, 0.5) is 17.1 Å². The van der Waals surface area contributed by atoms with Crippen LogP contribution in [0, 0.1) is 0 Å². The monoisotopic (exact) mass is 804 g/mol. The normalized spacial score (nSPS) is 11.5. The van der Waals surface area contributed by atoms with Gasteiger partial charge >= 0.3 is 0 Å². The van der Waals surface area contributed by atoms with E-state index in [1.165, 1.54) is 44.1 Å². The first-order chi connectivity index (χ1) is 31.2. The summed E-state index contributed by atoms with van der Waals surface area (Å²) in [5, 5.41) is 4.75. The molecular formula is C60H40N2O. The third-order valence-corrected chi connectivity index (χ3v) is 12.4. The van der Waals surface area contributed by atoms with Crippen LogP contribution < -0.4 is 4.90 Å². The zero-order chi connectivity index (χ0) is 41.7. The van der Waals surface area contributed by atoms with E-state index in [2.05, 4.69) is 240 Å². The van der Waals surface area contributed by atoms with Gasteiger partial charge in [-0.3, -0.25) is 0 Å². The number of benzene rings is 10. The molecule has 0 atom stereocenters. The van der Waals surface area contributed by atoms with Crippen molar-refractivity contribution in [2.75, 3.05) is 4.90 Å². The van der Waals surface area contributed by atoms with E-state index in [9.17, 15) is 0 Å². The Morgan fingerprint density at radius 2 is 0.778 bits per heavy atom. The van der Waals surface area contributed by atoms with Gasteiger partial charge in [0.25, 0.3) is 0 Å². The van der Waals surface area contributed by atoms with Crippen molar-refractivity contribution in [3.63, 3.8) is 0 Å². The van der Waals surface area contributed by atoms with Crippen LogP contribution in [0.15, 0.2) is 247 Å². The van der Waals surface area contributed by atoms with E-state index in [-0.39, 0.29) is 0 Å². The van der Waals surface area contributed by atoms with Crippen molar-refractivity contribution in [2.24, 2.45) is 0 Å². The molecule has 12 aromatic rings. The smallest absolute Gasteiger partial charge is 0.136 e. The Hall–Kier alpha value is -8.40. The molecule has 0 fully saturated rings. The number of aromatic nitrogens is 1. The molecule has 0 bridgehead atoms. The van der Waals surface area contributed by atoms with Crippen LogP contribution in [0.1, 0.15) is 0 Å². The summed E-state index contributed by atoms with van der Waals surface area (Å²) in [6.45, 7) is 0. The molecule has 2 heterocycles. The lowest BCUT2D eigenvalue weighted by Crippen LogP contribution is -2.11. The number of hydrogen-bond donors (Lipinski definition) is 0. The van der Waals surface area contributed by atoms with Crippen LogP contribution >= 0.6 is 0 Å². The van der Waals surface area contributed by atoms with Gasteiger partial charge in [0.15, 0.2) is 0 Å². The molecule has 12 rings (SSSR count). The average Bonchev–Trinajstić information content (AvgIpc) is 3.91. The average molecular weight is 805 g/mol. The third kappa shape index (κ3) is 6.38. The molecule has 2 aromatic heterocycles. The molecule has 3 nitrogen and oxygen atoms in total. The lowest BCUT2D eigenvalue weighted by molar-refractivity contribution is 0.669. The highest BCUT2D eigenvalue weighted by atomic mass is 16.3.